The number of nitrogens with zero attached hydrogens (tertiary/aromatic N) is 4. The minimum atomic E-state index is -4.95. The average Bonchev–Trinajstić information content (AvgIpc) is 3.38. The summed E-state index contributed by atoms with van der Waals surface area (Å²) in [4.78, 5) is 27.3. The molecule has 0 aliphatic rings. The number of fused-ring (bicyclic) bond motifs is 2. The van der Waals surface area contributed by atoms with E-state index in [9.17, 15) is 27.2 Å². The van der Waals surface area contributed by atoms with Crippen LogP contribution in [0.15, 0.2) is 66.0 Å². The maximum absolute atomic E-state index is 14.1. The van der Waals surface area contributed by atoms with E-state index in [4.69, 9.17) is 0 Å². The van der Waals surface area contributed by atoms with Crippen LogP contribution in [0.2, 0.25) is 0 Å². The topological polar surface area (TPSA) is 97.1 Å². The van der Waals surface area contributed by atoms with Gasteiger partial charge in [-0.15, -0.1) is 0 Å². The van der Waals surface area contributed by atoms with Crippen molar-refractivity contribution in [3.63, 3.8) is 0 Å². The first-order chi connectivity index (χ1) is 15.7. The highest BCUT2D eigenvalue weighted by molar-refractivity contribution is 6.05. The monoisotopic (exact) mass is 456 g/mol. The first-order valence-electron chi connectivity index (χ1n) is 9.44. The summed E-state index contributed by atoms with van der Waals surface area (Å²) in [5.41, 5.74) is -2.43. The van der Waals surface area contributed by atoms with E-state index in [0.29, 0.717) is 4.68 Å². The van der Waals surface area contributed by atoms with Crippen molar-refractivity contribution in [2.45, 2.75) is 6.18 Å². The van der Waals surface area contributed by atoms with Crippen molar-refractivity contribution in [3.8, 4) is 5.69 Å². The van der Waals surface area contributed by atoms with E-state index < -0.39 is 34.7 Å². The van der Waals surface area contributed by atoms with Crippen molar-refractivity contribution < 1.29 is 22.4 Å². The fourth-order valence-corrected chi connectivity index (χ4v) is 3.59. The number of pyridine rings is 2. The van der Waals surface area contributed by atoms with Gasteiger partial charge in [0.15, 0.2) is 11.5 Å². The Morgan fingerprint density at radius 3 is 2.67 bits per heavy atom. The molecule has 0 saturated heterocycles. The molecule has 33 heavy (non-hydrogen) atoms. The number of H-pyrrole nitrogens is 1. The summed E-state index contributed by atoms with van der Waals surface area (Å²) in [6.07, 6.45) is -0.516. The third-order valence-corrected chi connectivity index (χ3v) is 5.04. The molecule has 4 heterocycles. The van der Waals surface area contributed by atoms with Crippen LogP contribution >= 0.6 is 0 Å². The minimum absolute atomic E-state index is 0.0206. The van der Waals surface area contributed by atoms with Gasteiger partial charge >= 0.3 is 6.18 Å². The van der Waals surface area contributed by atoms with Crippen molar-refractivity contribution in [1.29, 1.82) is 0 Å². The van der Waals surface area contributed by atoms with E-state index in [1.807, 2.05) is 0 Å². The largest absolute Gasteiger partial charge is 0.434 e. The Balaban J connectivity index is 1.61. The molecule has 0 spiro atoms. The molecule has 0 aliphatic carbocycles. The molecule has 0 atom stereocenters. The highest BCUT2D eigenvalue weighted by atomic mass is 19.4. The molecule has 4 aromatic heterocycles. The van der Waals surface area contributed by atoms with Gasteiger partial charge in [0.05, 0.1) is 23.6 Å². The van der Waals surface area contributed by atoms with E-state index in [1.54, 1.807) is 0 Å². The average molecular weight is 456 g/mol. The number of alkyl halides is 3. The smallest absolute Gasteiger partial charge is 0.329 e. The predicted molar refractivity (Wildman–Crippen MR) is 110 cm³/mol. The molecule has 1 aromatic carbocycles. The summed E-state index contributed by atoms with van der Waals surface area (Å²) in [7, 11) is 0. The van der Waals surface area contributed by atoms with Crippen LogP contribution in [0.1, 0.15) is 16.1 Å². The first kappa shape index (κ1) is 20.4. The van der Waals surface area contributed by atoms with Crippen LogP contribution in [-0.4, -0.2) is 30.3 Å². The molecule has 0 bridgehead atoms. The molecular formula is C21H12F4N6O2. The second-order valence-electron chi connectivity index (χ2n) is 7.05. The predicted octanol–water partition coefficient (Wildman–Crippen LogP) is 3.77. The zero-order valence-electron chi connectivity index (χ0n) is 16.4. The molecule has 5 aromatic rings. The molecule has 0 fully saturated rings. The van der Waals surface area contributed by atoms with E-state index >= 15 is 0 Å². The zero-order valence-corrected chi connectivity index (χ0v) is 16.4. The van der Waals surface area contributed by atoms with Crippen molar-refractivity contribution in [2.24, 2.45) is 0 Å². The Bertz CT molecular complexity index is 1600. The molecule has 166 valence electrons. The SMILES string of the molecule is O=C(Nc1ccn2ncc(F)c2c1)c1cnn(-c2cccc3c(=O)[nH]ccc23)c1C(F)(F)F. The highest BCUT2D eigenvalue weighted by Crippen LogP contribution is 2.35. The lowest BCUT2D eigenvalue weighted by Gasteiger charge is -2.14. The summed E-state index contributed by atoms with van der Waals surface area (Å²) in [5.74, 6) is -1.74. The highest BCUT2D eigenvalue weighted by Gasteiger charge is 2.41. The van der Waals surface area contributed by atoms with Gasteiger partial charge in [0.2, 0.25) is 0 Å². The number of carbonyl (C=O) groups excluding carboxylic acids is 1. The fourth-order valence-electron chi connectivity index (χ4n) is 3.59. The van der Waals surface area contributed by atoms with Crippen molar-refractivity contribution in [1.82, 2.24) is 24.4 Å². The van der Waals surface area contributed by atoms with E-state index in [2.05, 4.69) is 20.5 Å². The molecule has 12 heteroatoms. The summed E-state index contributed by atoms with van der Waals surface area (Å²) < 4.78 is 57.7. The lowest BCUT2D eigenvalue weighted by atomic mass is 10.1. The first-order valence-corrected chi connectivity index (χ1v) is 9.44. The number of aromatic amines is 1. The molecular weight excluding hydrogens is 444 g/mol. The molecule has 0 aliphatic heterocycles. The fraction of sp³-hybridized carbons (Fsp3) is 0.0476. The standard InChI is InChI=1S/C21H12F4N6O2/c22-15-10-27-30-7-5-11(8-17(15)30)29-20(33)14-9-28-31(18(14)21(23,24)25)16-3-1-2-13-12(16)4-6-26-19(13)32/h1-10H,(H,26,32)(H,29,33). The number of nitrogens with one attached hydrogen (secondary N) is 2. The Morgan fingerprint density at radius 1 is 1.06 bits per heavy atom. The molecule has 2 N–H and O–H groups in total. The van der Waals surface area contributed by atoms with Crippen LogP contribution in [0.4, 0.5) is 23.2 Å². The molecule has 1 amide bonds. The second kappa shape index (κ2) is 7.29. The lowest BCUT2D eigenvalue weighted by Crippen LogP contribution is -2.21. The van der Waals surface area contributed by atoms with Gasteiger partial charge in [-0.05, 0) is 30.3 Å². The Morgan fingerprint density at radius 2 is 1.88 bits per heavy atom. The quantitative estimate of drug-likeness (QED) is 0.404. The number of hydrogen-bond acceptors (Lipinski definition) is 4. The number of halogens is 4. The van der Waals surface area contributed by atoms with Crippen LogP contribution in [0.3, 0.4) is 0 Å². The molecule has 0 radical (unpaired) electrons. The van der Waals surface area contributed by atoms with Gasteiger partial charge < -0.3 is 10.3 Å². The third-order valence-electron chi connectivity index (χ3n) is 5.04. The molecule has 0 unspecified atom stereocenters. The molecule has 5 rings (SSSR count). The minimum Gasteiger partial charge on any atom is -0.329 e. The number of carbonyl (C=O) groups is 1. The number of amides is 1. The zero-order chi connectivity index (χ0) is 23.3. The molecule has 8 nitrogen and oxygen atoms in total. The number of benzene rings is 1. The van der Waals surface area contributed by atoms with Gasteiger partial charge in [0.25, 0.3) is 11.5 Å². The Labute approximate surface area is 181 Å². The van der Waals surface area contributed by atoms with E-state index in [1.165, 1.54) is 53.3 Å². The van der Waals surface area contributed by atoms with Gasteiger partial charge in [0, 0.05) is 28.9 Å². The van der Waals surface area contributed by atoms with Crippen molar-refractivity contribution in [3.05, 3.63) is 88.6 Å². The van der Waals surface area contributed by atoms with Gasteiger partial charge in [0.1, 0.15) is 5.52 Å². The second-order valence-corrected chi connectivity index (χ2v) is 7.05. The number of aromatic nitrogens is 5. The maximum Gasteiger partial charge on any atom is 0.434 e. The summed E-state index contributed by atoms with van der Waals surface area (Å²) >= 11 is 0. The summed E-state index contributed by atoms with van der Waals surface area (Å²) in [5, 5.41) is 10.3. The van der Waals surface area contributed by atoms with Crippen molar-refractivity contribution >= 4 is 27.9 Å². The van der Waals surface area contributed by atoms with Gasteiger partial charge in [-0.1, -0.05) is 6.07 Å². The lowest BCUT2D eigenvalue weighted by molar-refractivity contribution is -0.143. The van der Waals surface area contributed by atoms with Crippen LogP contribution in [-0.2, 0) is 6.18 Å². The number of hydrogen-bond donors (Lipinski definition) is 2. The van der Waals surface area contributed by atoms with E-state index in [-0.39, 0.29) is 27.7 Å². The van der Waals surface area contributed by atoms with Crippen LogP contribution < -0.4 is 10.9 Å². The Hall–Kier alpha value is -4.48. The summed E-state index contributed by atoms with van der Waals surface area (Å²) in [6, 6.07) is 8.31. The molecule has 0 saturated carbocycles. The third kappa shape index (κ3) is 3.41. The van der Waals surface area contributed by atoms with Gasteiger partial charge in [-0.2, -0.15) is 23.4 Å². The van der Waals surface area contributed by atoms with Gasteiger partial charge in [-0.25, -0.2) is 13.6 Å². The van der Waals surface area contributed by atoms with Gasteiger partial charge in [-0.3, -0.25) is 9.59 Å². The van der Waals surface area contributed by atoms with Crippen LogP contribution in [0, 0.1) is 5.82 Å². The van der Waals surface area contributed by atoms with Crippen LogP contribution in [0.5, 0.6) is 0 Å². The normalized spacial score (nSPS) is 11.9. The van der Waals surface area contributed by atoms with E-state index in [0.717, 1.165) is 12.4 Å². The Kier molecular flexibility index (Phi) is 4.51. The summed E-state index contributed by atoms with van der Waals surface area (Å²) in [6.45, 7) is 0. The number of anilines is 1. The van der Waals surface area contributed by atoms with Crippen molar-refractivity contribution in [2.75, 3.05) is 5.32 Å². The number of rotatable bonds is 3. The van der Waals surface area contributed by atoms with Crippen LogP contribution in [0.25, 0.3) is 22.0 Å². The maximum atomic E-state index is 14.1.